The Morgan fingerprint density at radius 3 is 2.61 bits per heavy atom. The number of aryl methyl sites for hydroxylation is 1. The second-order valence-electron chi connectivity index (χ2n) is 7.90. The van der Waals surface area contributed by atoms with Gasteiger partial charge in [0.1, 0.15) is 4.90 Å². The Morgan fingerprint density at radius 1 is 1.12 bits per heavy atom. The molecular weight excluding hydrogens is 444 g/mol. The third kappa shape index (κ3) is 4.80. The first-order chi connectivity index (χ1) is 15.8. The van der Waals surface area contributed by atoms with Gasteiger partial charge in [-0.2, -0.15) is 13.4 Å². The summed E-state index contributed by atoms with van der Waals surface area (Å²) in [4.78, 5) is 24.8. The number of nitrogen functional groups attached to an aromatic ring is 1. The summed E-state index contributed by atoms with van der Waals surface area (Å²) in [7, 11) is -2.81. The molecule has 1 unspecified atom stereocenters. The summed E-state index contributed by atoms with van der Waals surface area (Å²) < 4.78 is 36.1. The molecule has 0 saturated heterocycles. The van der Waals surface area contributed by atoms with Crippen molar-refractivity contribution in [3.8, 4) is 5.88 Å². The summed E-state index contributed by atoms with van der Waals surface area (Å²) in [5.74, 6) is -0.906. The Hall–Kier alpha value is -3.53. The van der Waals surface area contributed by atoms with E-state index >= 15 is 0 Å². The zero-order valence-corrected chi connectivity index (χ0v) is 19.1. The molecule has 1 aliphatic rings. The van der Waals surface area contributed by atoms with Gasteiger partial charge in [0.05, 0.1) is 18.4 Å². The average molecular weight is 469 g/mol. The third-order valence-electron chi connectivity index (χ3n) is 5.60. The molecule has 0 saturated carbocycles. The lowest BCUT2D eigenvalue weighted by molar-refractivity contribution is 0.0600. The van der Waals surface area contributed by atoms with Gasteiger partial charge in [0, 0.05) is 23.9 Å². The highest BCUT2D eigenvalue weighted by Crippen LogP contribution is 2.38. The Morgan fingerprint density at radius 2 is 1.88 bits per heavy atom. The number of esters is 1. The summed E-state index contributed by atoms with van der Waals surface area (Å²) in [5, 5.41) is 0. The number of carbonyl (C=O) groups is 1. The number of pyridine rings is 1. The summed E-state index contributed by atoms with van der Waals surface area (Å²) in [5.41, 5.74) is 9.14. The number of nitrogens with zero attached hydrogens (tertiary/aromatic N) is 3. The number of ether oxygens (including phenoxy) is 1. The van der Waals surface area contributed by atoms with Gasteiger partial charge in [-0.15, -0.1) is 0 Å². The fourth-order valence-electron chi connectivity index (χ4n) is 3.94. The Labute approximate surface area is 192 Å². The predicted molar refractivity (Wildman–Crippen MR) is 120 cm³/mol. The van der Waals surface area contributed by atoms with E-state index < -0.39 is 16.1 Å². The molecule has 172 valence electrons. The van der Waals surface area contributed by atoms with Gasteiger partial charge >= 0.3 is 16.1 Å². The minimum Gasteiger partial charge on any atom is -0.465 e. The van der Waals surface area contributed by atoms with Crippen LogP contribution in [0.4, 0.5) is 5.95 Å². The number of hydrogen-bond donors (Lipinski definition) is 1. The first-order valence-electron chi connectivity index (χ1n) is 10.5. The molecule has 2 heterocycles. The summed E-state index contributed by atoms with van der Waals surface area (Å²) in [6.07, 6.45) is 6.00. The van der Waals surface area contributed by atoms with Crippen molar-refractivity contribution in [2.75, 3.05) is 12.8 Å². The number of rotatable bonds is 5. The minimum absolute atomic E-state index is 0.0270. The normalized spacial score (nSPS) is 15.9. The molecule has 2 aromatic heterocycles. The van der Waals surface area contributed by atoms with Crippen LogP contribution in [0.1, 0.15) is 57.9 Å². The number of anilines is 1. The van der Waals surface area contributed by atoms with Crippen LogP contribution in [0.5, 0.6) is 5.88 Å². The largest absolute Gasteiger partial charge is 0.465 e. The molecule has 1 atom stereocenters. The molecule has 0 amide bonds. The van der Waals surface area contributed by atoms with Gasteiger partial charge < -0.3 is 14.7 Å². The lowest BCUT2D eigenvalue weighted by Gasteiger charge is -2.19. The second-order valence-corrected chi connectivity index (χ2v) is 9.44. The maximum absolute atomic E-state index is 12.9. The molecule has 0 radical (unpaired) electrons. The van der Waals surface area contributed by atoms with Gasteiger partial charge in [0.15, 0.2) is 0 Å². The fourth-order valence-corrected chi connectivity index (χ4v) is 4.85. The minimum atomic E-state index is -4.12. The molecule has 9 nitrogen and oxygen atoms in total. The molecule has 0 fully saturated rings. The van der Waals surface area contributed by atoms with E-state index in [-0.39, 0.29) is 22.6 Å². The monoisotopic (exact) mass is 468 g/mol. The highest BCUT2D eigenvalue weighted by atomic mass is 32.2. The smallest absolute Gasteiger partial charge is 0.340 e. The van der Waals surface area contributed by atoms with Crippen molar-refractivity contribution in [3.05, 3.63) is 70.7 Å². The van der Waals surface area contributed by atoms with E-state index in [9.17, 15) is 13.2 Å². The van der Waals surface area contributed by atoms with Gasteiger partial charge in [-0.25, -0.2) is 9.78 Å². The predicted octanol–water partition coefficient (Wildman–Crippen LogP) is 3.17. The Kier molecular flexibility index (Phi) is 6.28. The van der Waals surface area contributed by atoms with Crippen molar-refractivity contribution in [1.29, 1.82) is 0 Å². The number of hydrogen-bond acceptors (Lipinski definition) is 9. The zero-order chi connectivity index (χ0) is 23.6. The van der Waals surface area contributed by atoms with Gasteiger partial charge in [-0.05, 0) is 49.9 Å². The summed E-state index contributed by atoms with van der Waals surface area (Å²) in [6, 6.07) is 8.08. The van der Waals surface area contributed by atoms with E-state index in [0.29, 0.717) is 23.2 Å². The van der Waals surface area contributed by atoms with Crippen molar-refractivity contribution >= 4 is 22.0 Å². The summed E-state index contributed by atoms with van der Waals surface area (Å²) in [6.45, 7) is 1.87. The molecule has 0 spiro atoms. The quantitative estimate of drug-likeness (QED) is 0.340. The molecule has 3 aromatic rings. The third-order valence-corrected chi connectivity index (χ3v) is 6.83. The van der Waals surface area contributed by atoms with E-state index in [1.165, 1.54) is 25.4 Å². The first kappa shape index (κ1) is 22.7. The molecule has 2 N–H and O–H groups in total. The topological polar surface area (TPSA) is 134 Å². The number of fused-ring (bicyclic) bond motifs is 1. The van der Waals surface area contributed by atoms with Crippen LogP contribution in [0, 0.1) is 6.92 Å². The molecule has 0 bridgehead atoms. The number of carbonyl (C=O) groups excluding carboxylic acids is 1. The highest BCUT2D eigenvalue weighted by Gasteiger charge is 2.29. The average Bonchev–Trinajstić information content (AvgIpc) is 3.01. The zero-order valence-electron chi connectivity index (χ0n) is 18.3. The molecular formula is C23H24N4O5S. The van der Waals surface area contributed by atoms with Crippen LogP contribution in [0.3, 0.4) is 0 Å². The van der Waals surface area contributed by atoms with E-state index in [1.54, 1.807) is 24.4 Å². The fraction of sp³-hybridized carbons (Fsp3) is 0.304. The van der Waals surface area contributed by atoms with E-state index in [0.717, 1.165) is 30.4 Å². The number of nitrogens with two attached hydrogens (primary N) is 1. The summed E-state index contributed by atoms with van der Waals surface area (Å²) >= 11 is 0. The maximum atomic E-state index is 12.9. The lowest BCUT2D eigenvalue weighted by Crippen LogP contribution is -2.16. The van der Waals surface area contributed by atoms with Crippen LogP contribution >= 0.6 is 0 Å². The van der Waals surface area contributed by atoms with Gasteiger partial charge in [0.25, 0.3) is 0 Å². The van der Waals surface area contributed by atoms with Gasteiger partial charge in [-0.3, -0.25) is 4.98 Å². The SMILES string of the molecule is COC(=O)c1cncc(C2CCCCc3c(OS(=O)(=O)c4ccc(C)cc4)nc(N)nc32)c1. The molecule has 33 heavy (non-hydrogen) atoms. The van der Waals surface area contributed by atoms with Crippen LogP contribution < -0.4 is 9.92 Å². The highest BCUT2D eigenvalue weighted by molar-refractivity contribution is 7.87. The van der Waals surface area contributed by atoms with Crippen molar-refractivity contribution < 1.29 is 22.1 Å². The number of aromatic nitrogens is 3. The molecule has 0 aliphatic heterocycles. The van der Waals surface area contributed by atoms with E-state index in [2.05, 4.69) is 15.0 Å². The molecule has 4 rings (SSSR count). The Balaban J connectivity index is 1.77. The van der Waals surface area contributed by atoms with Crippen molar-refractivity contribution in [3.63, 3.8) is 0 Å². The van der Waals surface area contributed by atoms with Crippen molar-refractivity contribution in [1.82, 2.24) is 15.0 Å². The molecule has 1 aromatic carbocycles. The van der Waals surface area contributed by atoms with Crippen molar-refractivity contribution in [2.24, 2.45) is 0 Å². The standard InChI is InChI=1S/C23H24N4O5S/c1-14-7-9-17(10-8-14)33(29,30)32-21-19-6-4-3-5-18(20(19)26-23(24)27-21)15-11-16(13-25-12-15)22(28)31-2/h7-13,18H,3-6H2,1-2H3,(H2,24,26,27). The van der Waals surface area contributed by atoms with Crippen LogP contribution in [0.2, 0.25) is 0 Å². The van der Waals surface area contributed by atoms with E-state index in [4.69, 9.17) is 14.7 Å². The molecule has 10 heteroatoms. The van der Waals surface area contributed by atoms with E-state index in [1.807, 2.05) is 6.92 Å². The van der Waals surface area contributed by atoms with Gasteiger partial charge in [-0.1, -0.05) is 24.1 Å². The number of methoxy groups -OCH3 is 1. The van der Waals surface area contributed by atoms with Crippen LogP contribution in [0.15, 0.2) is 47.6 Å². The maximum Gasteiger partial charge on any atom is 0.340 e. The van der Waals surface area contributed by atoms with Crippen molar-refractivity contribution in [2.45, 2.75) is 43.4 Å². The number of benzene rings is 1. The van der Waals surface area contributed by atoms with Crippen LogP contribution in [0.25, 0.3) is 0 Å². The Bertz CT molecular complexity index is 1290. The first-order valence-corrected chi connectivity index (χ1v) is 11.9. The second kappa shape index (κ2) is 9.14. The molecule has 1 aliphatic carbocycles. The van der Waals surface area contributed by atoms with Crippen LogP contribution in [-0.2, 0) is 21.3 Å². The lowest BCUT2D eigenvalue weighted by atomic mass is 9.91. The van der Waals surface area contributed by atoms with Gasteiger partial charge in [0.2, 0.25) is 11.8 Å². The van der Waals surface area contributed by atoms with Crippen LogP contribution in [-0.4, -0.2) is 36.4 Å².